The van der Waals surface area contributed by atoms with Crippen molar-refractivity contribution in [3.05, 3.63) is 53.6 Å². The molecule has 2 aromatic rings. The predicted molar refractivity (Wildman–Crippen MR) is 106 cm³/mol. The second-order valence-electron chi connectivity index (χ2n) is 6.08. The highest BCUT2D eigenvalue weighted by Crippen LogP contribution is 2.24. The zero-order valence-corrected chi connectivity index (χ0v) is 16.4. The minimum Gasteiger partial charge on any atom is -0.497 e. The van der Waals surface area contributed by atoms with Gasteiger partial charge in [0.15, 0.2) is 0 Å². The smallest absolute Gasteiger partial charge is 0.239 e. The Balaban J connectivity index is 1.73. The number of nitrogens with one attached hydrogen (secondary N) is 2. The van der Waals surface area contributed by atoms with Crippen LogP contribution < -0.4 is 24.8 Å². The summed E-state index contributed by atoms with van der Waals surface area (Å²) in [5, 5.41) is 5.41. The molecule has 0 radical (unpaired) electrons. The molecule has 0 fully saturated rings. The summed E-state index contributed by atoms with van der Waals surface area (Å²) in [6.45, 7) is 0.362. The third-order valence-electron chi connectivity index (χ3n) is 4.17. The summed E-state index contributed by atoms with van der Waals surface area (Å²) in [7, 11) is 4.79. The van der Waals surface area contributed by atoms with Gasteiger partial charge in [0.25, 0.3) is 0 Å². The van der Waals surface area contributed by atoms with Crippen LogP contribution in [0.15, 0.2) is 42.5 Å². The van der Waals surface area contributed by atoms with E-state index in [-0.39, 0.29) is 24.8 Å². The second-order valence-corrected chi connectivity index (χ2v) is 6.08. The van der Waals surface area contributed by atoms with Gasteiger partial charge < -0.3 is 24.8 Å². The Labute approximate surface area is 165 Å². The van der Waals surface area contributed by atoms with Gasteiger partial charge in [-0.05, 0) is 47.9 Å². The third-order valence-corrected chi connectivity index (χ3v) is 4.17. The Bertz CT molecular complexity index is 790. The average molecular weight is 386 g/mol. The maximum atomic E-state index is 12.0. The van der Waals surface area contributed by atoms with Crippen LogP contribution in [0.25, 0.3) is 0 Å². The molecule has 7 heteroatoms. The number of amides is 2. The highest BCUT2D eigenvalue weighted by molar-refractivity contribution is 5.85. The van der Waals surface area contributed by atoms with Crippen LogP contribution in [0, 0.1) is 0 Å². The molecule has 0 atom stereocenters. The number of carbonyl (C=O) groups is 2. The Morgan fingerprint density at radius 1 is 0.821 bits per heavy atom. The van der Waals surface area contributed by atoms with Gasteiger partial charge in [-0.1, -0.05) is 12.1 Å². The molecular formula is C21H26N2O5. The van der Waals surface area contributed by atoms with Crippen molar-refractivity contribution in [3.8, 4) is 17.2 Å². The van der Waals surface area contributed by atoms with E-state index in [4.69, 9.17) is 14.2 Å². The zero-order valence-electron chi connectivity index (χ0n) is 16.4. The predicted octanol–water partition coefficient (Wildman–Crippen LogP) is 1.73. The van der Waals surface area contributed by atoms with Gasteiger partial charge in [-0.25, -0.2) is 0 Å². The van der Waals surface area contributed by atoms with Crippen LogP contribution in [0.4, 0.5) is 0 Å². The van der Waals surface area contributed by atoms with Gasteiger partial charge in [0.05, 0.1) is 34.3 Å². The van der Waals surface area contributed by atoms with E-state index in [0.717, 1.165) is 28.4 Å². The summed E-state index contributed by atoms with van der Waals surface area (Å²) < 4.78 is 15.6. The van der Waals surface area contributed by atoms with Crippen LogP contribution in [0.1, 0.15) is 11.1 Å². The summed E-state index contributed by atoms with van der Waals surface area (Å²) in [4.78, 5) is 23.9. The molecule has 0 aliphatic heterocycles. The molecule has 0 heterocycles. The van der Waals surface area contributed by atoms with E-state index in [1.54, 1.807) is 33.5 Å². The molecule has 0 unspecified atom stereocenters. The van der Waals surface area contributed by atoms with Gasteiger partial charge in [-0.15, -0.1) is 0 Å². The number of methoxy groups -OCH3 is 3. The molecule has 0 aromatic heterocycles. The van der Waals surface area contributed by atoms with Crippen LogP contribution in [0.2, 0.25) is 0 Å². The van der Waals surface area contributed by atoms with E-state index in [2.05, 4.69) is 10.6 Å². The lowest BCUT2D eigenvalue weighted by Crippen LogP contribution is -2.38. The summed E-state index contributed by atoms with van der Waals surface area (Å²) in [5.41, 5.74) is 1.79. The number of ether oxygens (including phenoxy) is 3. The van der Waals surface area contributed by atoms with Crippen molar-refractivity contribution in [3.63, 3.8) is 0 Å². The van der Waals surface area contributed by atoms with Gasteiger partial charge in [0.2, 0.25) is 11.8 Å². The first-order chi connectivity index (χ1) is 13.5. The molecule has 0 aliphatic carbocycles. The summed E-state index contributed by atoms with van der Waals surface area (Å²) >= 11 is 0. The lowest BCUT2D eigenvalue weighted by molar-refractivity contribution is -0.125. The standard InChI is InChI=1S/C21H26N2O5/c1-26-17-6-4-15(5-7-17)12-20(24)23-14-21(25)22-11-10-16-13-18(27-2)8-9-19(16)28-3/h4-9,13H,10-12,14H2,1-3H3,(H,22,25)(H,23,24). The zero-order chi connectivity index (χ0) is 20.4. The van der Waals surface area contributed by atoms with Crippen molar-refractivity contribution in [1.29, 1.82) is 0 Å². The van der Waals surface area contributed by atoms with Crippen molar-refractivity contribution in [2.45, 2.75) is 12.8 Å². The maximum Gasteiger partial charge on any atom is 0.239 e. The highest BCUT2D eigenvalue weighted by atomic mass is 16.5. The normalized spacial score (nSPS) is 10.1. The van der Waals surface area contributed by atoms with E-state index >= 15 is 0 Å². The first-order valence-corrected chi connectivity index (χ1v) is 8.93. The monoisotopic (exact) mass is 386 g/mol. The lowest BCUT2D eigenvalue weighted by Gasteiger charge is -2.11. The molecule has 2 rings (SSSR count). The number of carbonyl (C=O) groups excluding carboxylic acids is 2. The molecule has 28 heavy (non-hydrogen) atoms. The molecule has 2 N–H and O–H groups in total. The van der Waals surface area contributed by atoms with Gasteiger partial charge in [0, 0.05) is 6.54 Å². The molecular weight excluding hydrogens is 360 g/mol. The minimum absolute atomic E-state index is 0.0652. The van der Waals surface area contributed by atoms with E-state index in [1.807, 2.05) is 30.3 Å². The Kier molecular flexibility index (Phi) is 8.14. The van der Waals surface area contributed by atoms with Crippen molar-refractivity contribution in [1.82, 2.24) is 10.6 Å². The molecule has 2 aromatic carbocycles. The van der Waals surface area contributed by atoms with E-state index in [9.17, 15) is 9.59 Å². The number of benzene rings is 2. The lowest BCUT2D eigenvalue weighted by atomic mass is 10.1. The topological polar surface area (TPSA) is 85.9 Å². The molecule has 0 saturated heterocycles. The molecule has 7 nitrogen and oxygen atoms in total. The Morgan fingerprint density at radius 3 is 2.14 bits per heavy atom. The van der Waals surface area contributed by atoms with Gasteiger partial charge in [0.1, 0.15) is 17.2 Å². The van der Waals surface area contributed by atoms with Crippen LogP contribution in [0.3, 0.4) is 0 Å². The quantitative estimate of drug-likeness (QED) is 0.650. The number of hydrogen-bond acceptors (Lipinski definition) is 5. The van der Waals surface area contributed by atoms with Crippen LogP contribution in [-0.4, -0.2) is 46.2 Å². The van der Waals surface area contributed by atoms with Gasteiger partial charge in [-0.3, -0.25) is 9.59 Å². The van der Waals surface area contributed by atoms with Crippen molar-refractivity contribution in [2.75, 3.05) is 34.4 Å². The third kappa shape index (κ3) is 6.50. The SMILES string of the molecule is COc1ccc(CC(=O)NCC(=O)NCCc2cc(OC)ccc2OC)cc1. The fraction of sp³-hybridized carbons (Fsp3) is 0.333. The maximum absolute atomic E-state index is 12.0. The highest BCUT2D eigenvalue weighted by Gasteiger charge is 2.08. The molecule has 0 aliphatic rings. The van der Waals surface area contributed by atoms with Crippen molar-refractivity contribution >= 4 is 11.8 Å². The molecule has 2 amide bonds. The van der Waals surface area contributed by atoms with Gasteiger partial charge in [-0.2, -0.15) is 0 Å². The molecule has 0 bridgehead atoms. The summed E-state index contributed by atoms with van der Waals surface area (Å²) in [6, 6.07) is 12.8. The van der Waals surface area contributed by atoms with Crippen molar-refractivity contribution < 1.29 is 23.8 Å². The first-order valence-electron chi connectivity index (χ1n) is 8.93. The summed E-state index contributed by atoms with van der Waals surface area (Å²) in [5.74, 6) is 1.74. The molecule has 0 saturated carbocycles. The Morgan fingerprint density at radius 2 is 1.50 bits per heavy atom. The van der Waals surface area contributed by atoms with Crippen molar-refractivity contribution in [2.24, 2.45) is 0 Å². The van der Waals surface area contributed by atoms with E-state index in [0.29, 0.717) is 13.0 Å². The minimum atomic E-state index is -0.245. The summed E-state index contributed by atoms with van der Waals surface area (Å²) in [6.07, 6.45) is 0.796. The van der Waals surface area contributed by atoms with Crippen LogP contribution >= 0.6 is 0 Å². The van der Waals surface area contributed by atoms with Crippen LogP contribution in [-0.2, 0) is 22.4 Å². The average Bonchev–Trinajstić information content (AvgIpc) is 2.72. The first kappa shape index (κ1) is 21.1. The molecule has 0 spiro atoms. The van der Waals surface area contributed by atoms with E-state index in [1.165, 1.54) is 0 Å². The van der Waals surface area contributed by atoms with Crippen LogP contribution in [0.5, 0.6) is 17.2 Å². The van der Waals surface area contributed by atoms with E-state index < -0.39 is 0 Å². The largest absolute Gasteiger partial charge is 0.497 e. The number of rotatable bonds is 10. The second kappa shape index (κ2) is 10.8. The fourth-order valence-corrected chi connectivity index (χ4v) is 2.65. The Hall–Kier alpha value is -3.22. The fourth-order valence-electron chi connectivity index (χ4n) is 2.65. The van der Waals surface area contributed by atoms with Gasteiger partial charge >= 0.3 is 0 Å². The number of hydrogen-bond donors (Lipinski definition) is 2. The molecule has 150 valence electrons.